The first-order valence-corrected chi connectivity index (χ1v) is 6.89. The number of benzene rings is 2. The van der Waals surface area contributed by atoms with E-state index in [9.17, 15) is 8.78 Å². The maximum Gasteiger partial charge on any atom is 0.147 e. The number of halogens is 3. The van der Waals surface area contributed by atoms with Crippen LogP contribution >= 0.6 is 15.9 Å². The topological polar surface area (TPSA) is 50.9 Å². The molecule has 0 spiro atoms. The van der Waals surface area contributed by atoms with E-state index in [0.29, 0.717) is 11.4 Å². The quantitative estimate of drug-likeness (QED) is 0.525. The Balaban J connectivity index is 2.06. The van der Waals surface area contributed by atoms with E-state index in [2.05, 4.69) is 26.2 Å². The number of nitrogens with one attached hydrogen (secondary N) is 1. The standard InChI is InChI=1S/C15H10BrF2N3/c16-10-5-12(18)14(6-11(10)17)21-13-2-1-8-7-20-4-3-9(8)15(13)19/h1-7,21H,19H2. The van der Waals surface area contributed by atoms with Crippen LogP contribution in [0.25, 0.3) is 10.8 Å². The Kier molecular flexibility index (Phi) is 3.47. The zero-order chi connectivity index (χ0) is 15.0. The summed E-state index contributed by atoms with van der Waals surface area (Å²) in [5.41, 5.74) is 7.06. The molecule has 0 radical (unpaired) electrons. The Morgan fingerprint density at radius 3 is 2.67 bits per heavy atom. The lowest BCUT2D eigenvalue weighted by Gasteiger charge is -2.12. The van der Waals surface area contributed by atoms with Gasteiger partial charge in [0, 0.05) is 29.2 Å². The highest BCUT2D eigenvalue weighted by Gasteiger charge is 2.11. The molecule has 21 heavy (non-hydrogen) atoms. The molecule has 3 nitrogen and oxygen atoms in total. The van der Waals surface area contributed by atoms with Gasteiger partial charge in [0.05, 0.1) is 21.5 Å². The molecule has 1 heterocycles. The van der Waals surface area contributed by atoms with E-state index in [-0.39, 0.29) is 10.2 Å². The van der Waals surface area contributed by atoms with Crippen molar-refractivity contribution in [2.24, 2.45) is 0 Å². The molecule has 6 heteroatoms. The van der Waals surface area contributed by atoms with Crippen LogP contribution in [0.2, 0.25) is 0 Å². The normalized spacial score (nSPS) is 10.8. The zero-order valence-electron chi connectivity index (χ0n) is 10.7. The van der Waals surface area contributed by atoms with Crippen LogP contribution in [0.3, 0.4) is 0 Å². The molecule has 3 aromatic rings. The largest absolute Gasteiger partial charge is 0.397 e. The lowest BCUT2D eigenvalue weighted by atomic mass is 10.1. The van der Waals surface area contributed by atoms with Crippen molar-refractivity contribution in [2.75, 3.05) is 11.1 Å². The third kappa shape index (κ3) is 2.54. The summed E-state index contributed by atoms with van der Waals surface area (Å²) in [4.78, 5) is 4.01. The number of hydrogen-bond donors (Lipinski definition) is 2. The number of anilines is 3. The minimum Gasteiger partial charge on any atom is -0.397 e. The predicted molar refractivity (Wildman–Crippen MR) is 83.5 cm³/mol. The molecule has 0 aliphatic rings. The van der Waals surface area contributed by atoms with Crippen molar-refractivity contribution >= 4 is 43.8 Å². The van der Waals surface area contributed by atoms with Crippen LogP contribution in [0.15, 0.2) is 47.2 Å². The molecule has 0 aliphatic carbocycles. The average molecular weight is 350 g/mol. The van der Waals surface area contributed by atoms with Crippen molar-refractivity contribution in [3.8, 4) is 0 Å². The zero-order valence-corrected chi connectivity index (χ0v) is 12.3. The SMILES string of the molecule is Nc1c(Nc2cc(F)c(Br)cc2F)ccc2cnccc12. The minimum absolute atomic E-state index is 0.0239. The first kappa shape index (κ1) is 13.8. The smallest absolute Gasteiger partial charge is 0.147 e. The fraction of sp³-hybridized carbons (Fsp3) is 0. The van der Waals surface area contributed by atoms with Crippen LogP contribution in [0.5, 0.6) is 0 Å². The van der Waals surface area contributed by atoms with Gasteiger partial charge in [-0.3, -0.25) is 4.98 Å². The van der Waals surface area contributed by atoms with E-state index >= 15 is 0 Å². The number of rotatable bonds is 2. The van der Waals surface area contributed by atoms with Crippen molar-refractivity contribution < 1.29 is 8.78 Å². The second-order valence-corrected chi connectivity index (χ2v) is 5.35. The van der Waals surface area contributed by atoms with Crippen LogP contribution in [-0.2, 0) is 0 Å². The lowest BCUT2D eigenvalue weighted by molar-refractivity contribution is 0.598. The van der Waals surface area contributed by atoms with E-state index in [1.165, 1.54) is 0 Å². The Labute approximate surface area is 127 Å². The summed E-state index contributed by atoms with van der Waals surface area (Å²) in [7, 11) is 0. The van der Waals surface area contributed by atoms with Crippen molar-refractivity contribution in [3.63, 3.8) is 0 Å². The molecule has 0 atom stereocenters. The van der Waals surface area contributed by atoms with Crippen molar-refractivity contribution in [3.05, 3.63) is 58.8 Å². The molecule has 3 rings (SSSR count). The molecule has 0 amide bonds. The maximum absolute atomic E-state index is 13.9. The molecule has 0 saturated heterocycles. The van der Waals surface area contributed by atoms with Gasteiger partial charge in [0.1, 0.15) is 11.6 Å². The van der Waals surface area contributed by atoms with Crippen LogP contribution in [-0.4, -0.2) is 4.98 Å². The second-order valence-electron chi connectivity index (χ2n) is 4.49. The first-order valence-electron chi connectivity index (χ1n) is 6.10. The monoisotopic (exact) mass is 349 g/mol. The van der Waals surface area contributed by atoms with Gasteiger partial charge in [0.25, 0.3) is 0 Å². The molecule has 1 aromatic heterocycles. The number of nitrogens with two attached hydrogens (primary N) is 1. The summed E-state index contributed by atoms with van der Waals surface area (Å²) in [6.45, 7) is 0. The summed E-state index contributed by atoms with van der Waals surface area (Å²) < 4.78 is 27.4. The lowest BCUT2D eigenvalue weighted by Crippen LogP contribution is -2.00. The summed E-state index contributed by atoms with van der Waals surface area (Å²) >= 11 is 2.94. The van der Waals surface area contributed by atoms with Crippen LogP contribution in [0.1, 0.15) is 0 Å². The highest BCUT2D eigenvalue weighted by atomic mass is 79.9. The molecule has 0 fully saturated rings. The Morgan fingerprint density at radius 1 is 1.05 bits per heavy atom. The molecular formula is C15H10BrF2N3. The second kappa shape index (κ2) is 5.29. The first-order chi connectivity index (χ1) is 10.1. The fourth-order valence-electron chi connectivity index (χ4n) is 2.07. The highest BCUT2D eigenvalue weighted by molar-refractivity contribution is 9.10. The molecule has 0 unspecified atom stereocenters. The van der Waals surface area contributed by atoms with Gasteiger partial charge in [-0.25, -0.2) is 8.78 Å². The summed E-state index contributed by atoms with van der Waals surface area (Å²) in [5.74, 6) is -1.13. The minimum atomic E-state index is -0.572. The molecule has 0 bridgehead atoms. The number of pyridine rings is 1. The third-order valence-electron chi connectivity index (χ3n) is 3.14. The van der Waals surface area contributed by atoms with Gasteiger partial charge >= 0.3 is 0 Å². The molecule has 3 N–H and O–H groups in total. The van der Waals surface area contributed by atoms with Crippen molar-refractivity contribution in [1.82, 2.24) is 4.98 Å². The molecular weight excluding hydrogens is 340 g/mol. The van der Waals surface area contributed by atoms with Gasteiger partial charge in [-0.15, -0.1) is 0 Å². The summed E-state index contributed by atoms with van der Waals surface area (Å²) in [6, 6.07) is 7.44. The number of nitrogen functional groups attached to an aromatic ring is 1. The number of nitrogens with zero attached hydrogens (tertiary/aromatic N) is 1. The maximum atomic E-state index is 13.9. The van der Waals surface area contributed by atoms with Crippen LogP contribution in [0, 0.1) is 11.6 Å². The van der Waals surface area contributed by atoms with Gasteiger partial charge in [0.2, 0.25) is 0 Å². The van der Waals surface area contributed by atoms with E-state index in [1.54, 1.807) is 24.5 Å². The summed E-state index contributed by atoms with van der Waals surface area (Å²) in [5, 5.41) is 4.50. The molecule has 2 aromatic carbocycles. The van der Waals surface area contributed by atoms with Gasteiger partial charge in [-0.2, -0.15) is 0 Å². The Bertz CT molecular complexity index is 837. The molecule has 106 valence electrons. The number of hydrogen-bond acceptors (Lipinski definition) is 3. The van der Waals surface area contributed by atoms with Crippen LogP contribution < -0.4 is 11.1 Å². The Morgan fingerprint density at radius 2 is 1.86 bits per heavy atom. The molecule has 0 aliphatic heterocycles. The fourth-order valence-corrected chi connectivity index (χ4v) is 2.38. The summed E-state index contributed by atoms with van der Waals surface area (Å²) in [6.07, 6.45) is 3.32. The van der Waals surface area contributed by atoms with Crippen molar-refractivity contribution in [2.45, 2.75) is 0 Å². The van der Waals surface area contributed by atoms with Gasteiger partial charge in [-0.05, 0) is 34.1 Å². The highest BCUT2D eigenvalue weighted by Crippen LogP contribution is 2.32. The van der Waals surface area contributed by atoms with Gasteiger partial charge in [-0.1, -0.05) is 6.07 Å². The van der Waals surface area contributed by atoms with E-state index in [1.807, 2.05) is 6.07 Å². The third-order valence-corrected chi connectivity index (χ3v) is 3.75. The van der Waals surface area contributed by atoms with E-state index in [0.717, 1.165) is 22.9 Å². The number of aromatic nitrogens is 1. The predicted octanol–water partition coefficient (Wildman–Crippen LogP) is 4.60. The van der Waals surface area contributed by atoms with E-state index in [4.69, 9.17) is 5.73 Å². The van der Waals surface area contributed by atoms with Gasteiger partial charge in [0.15, 0.2) is 0 Å². The average Bonchev–Trinajstić information content (AvgIpc) is 2.48. The van der Waals surface area contributed by atoms with Crippen LogP contribution in [0.4, 0.5) is 25.8 Å². The molecule has 0 saturated carbocycles. The van der Waals surface area contributed by atoms with Gasteiger partial charge < -0.3 is 11.1 Å². The Hall–Kier alpha value is -2.21. The van der Waals surface area contributed by atoms with E-state index < -0.39 is 11.6 Å². The van der Waals surface area contributed by atoms with Crippen molar-refractivity contribution in [1.29, 1.82) is 0 Å². The number of fused-ring (bicyclic) bond motifs is 1.